The first kappa shape index (κ1) is 9.24. The van der Waals surface area contributed by atoms with Crippen molar-refractivity contribution in [3.05, 3.63) is 18.2 Å². The van der Waals surface area contributed by atoms with Crippen LogP contribution in [0.4, 0.5) is 12.9 Å². The molecule has 0 fully saturated rings. The summed E-state index contributed by atoms with van der Waals surface area (Å²) in [6.45, 7) is -4.29. The van der Waals surface area contributed by atoms with Crippen molar-refractivity contribution in [2.24, 2.45) is 0 Å². The molecule has 0 saturated carbocycles. The number of rotatable bonds is 1. The van der Waals surface area contributed by atoms with E-state index in [4.69, 9.17) is 9.47 Å². The Labute approximate surface area is 78.7 Å². The van der Waals surface area contributed by atoms with E-state index < -0.39 is 12.4 Å². The summed E-state index contributed by atoms with van der Waals surface area (Å²) in [6, 6.07) is 3.28. The van der Waals surface area contributed by atoms with Crippen LogP contribution in [0.1, 0.15) is 0 Å². The fourth-order valence-corrected chi connectivity index (χ4v) is 1.26. The van der Waals surface area contributed by atoms with Crippen LogP contribution in [0.5, 0.6) is 11.5 Å². The van der Waals surface area contributed by atoms with Crippen molar-refractivity contribution in [3.63, 3.8) is 0 Å². The Balaban J connectivity index is 2.39. The summed E-state index contributed by atoms with van der Waals surface area (Å²) in [6.07, 6.45) is 0. The van der Waals surface area contributed by atoms with Crippen molar-refractivity contribution >= 4 is 12.4 Å². The van der Waals surface area contributed by atoms with E-state index in [1.54, 1.807) is 0 Å². The highest BCUT2D eigenvalue weighted by Gasteiger charge is 2.27. The van der Waals surface area contributed by atoms with Gasteiger partial charge in [0.1, 0.15) is 13.2 Å². The van der Waals surface area contributed by atoms with Crippen molar-refractivity contribution in [2.75, 3.05) is 13.2 Å². The van der Waals surface area contributed by atoms with E-state index in [1.165, 1.54) is 6.07 Å². The summed E-state index contributed by atoms with van der Waals surface area (Å²) < 4.78 is 47.1. The zero-order valence-corrected chi connectivity index (χ0v) is 7.17. The van der Waals surface area contributed by atoms with E-state index in [1.807, 2.05) is 0 Å². The Morgan fingerprint density at radius 1 is 1.00 bits per heavy atom. The highest BCUT2D eigenvalue weighted by molar-refractivity contribution is 6.73. The van der Waals surface area contributed by atoms with E-state index in [0.717, 1.165) is 12.1 Å². The quantitative estimate of drug-likeness (QED) is 0.644. The molecular formula is C8H7BF3O2-. The summed E-state index contributed by atoms with van der Waals surface area (Å²) in [5, 5.41) is 0. The third kappa shape index (κ3) is 1.64. The zero-order chi connectivity index (χ0) is 10.2. The molecular weight excluding hydrogens is 196 g/mol. The molecule has 1 heterocycles. The van der Waals surface area contributed by atoms with Crippen molar-refractivity contribution in [1.82, 2.24) is 0 Å². The molecule has 1 aromatic rings. The molecule has 0 radical (unpaired) electrons. The third-order valence-electron chi connectivity index (χ3n) is 1.94. The summed E-state index contributed by atoms with van der Waals surface area (Å²) in [7, 11) is 0. The lowest BCUT2D eigenvalue weighted by Crippen LogP contribution is -2.34. The Kier molecular flexibility index (Phi) is 2.05. The fourth-order valence-electron chi connectivity index (χ4n) is 1.26. The minimum atomic E-state index is -4.96. The lowest BCUT2D eigenvalue weighted by molar-refractivity contribution is 0.171. The first-order valence-electron chi connectivity index (χ1n) is 4.17. The van der Waals surface area contributed by atoms with Gasteiger partial charge in [0.05, 0.1) is 0 Å². The van der Waals surface area contributed by atoms with Gasteiger partial charge in [-0.05, 0) is 12.1 Å². The molecule has 1 aliphatic rings. The number of fused-ring (bicyclic) bond motifs is 1. The average molecular weight is 203 g/mol. The monoisotopic (exact) mass is 203 g/mol. The van der Waals surface area contributed by atoms with Crippen molar-refractivity contribution in [1.29, 1.82) is 0 Å². The molecule has 0 aliphatic carbocycles. The van der Waals surface area contributed by atoms with Crippen LogP contribution in [0, 0.1) is 0 Å². The first-order chi connectivity index (χ1) is 6.57. The summed E-state index contributed by atoms with van der Waals surface area (Å²) >= 11 is 0. The molecule has 0 bridgehead atoms. The van der Waals surface area contributed by atoms with Gasteiger partial charge in [0, 0.05) is 0 Å². The number of ether oxygens (including phenoxy) is 2. The van der Waals surface area contributed by atoms with Crippen molar-refractivity contribution in [3.8, 4) is 11.5 Å². The van der Waals surface area contributed by atoms with Gasteiger partial charge in [0.2, 0.25) is 0 Å². The average Bonchev–Trinajstić information content (AvgIpc) is 2.16. The maximum absolute atomic E-state index is 12.3. The molecule has 2 nitrogen and oxygen atoms in total. The van der Waals surface area contributed by atoms with E-state index in [-0.39, 0.29) is 5.75 Å². The van der Waals surface area contributed by atoms with Crippen molar-refractivity contribution in [2.45, 2.75) is 0 Å². The molecule has 0 amide bonds. The Morgan fingerprint density at radius 2 is 1.64 bits per heavy atom. The van der Waals surface area contributed by atoms with Crippen LogP contribution in [0.2, 0.25) is 0 Å². The molecule has 0 saturated heterocycles. The van der Waals surface area contributed by atoms with Crippen LogP contribution in [0.3, 0.4) is 0 Å². The van der Waals surface area contributed by atoms with Gasteiger partial charge in [0.25, 0.3) is 0 Å². The van der Waals surface area contributed by atoms with E-state index in [9.17, 15) is 12.9 Å². The summed E-state index contributed by atoms with van der Waals surface area (Å²) in [5.41, 5.74) is -0.658. The maximum atomic E-state index is 12.3. The van der Waals surface area contributed by atoms with E-state index in [2.05, 4.69) is 0 Å². The second kappa shape index (κ2) is 3.11. The molecule has 0 unspecified atom stereocenters. The molecule has 2 rings (SSSR count). The topological polar surface area (TPSA) is 18.5 Å². The van der Waals surface area contributed by atoms with Gasteiger partial charge < -0.3 is 22.4 Å². The smallest absolute Gasteiger partial charge is 0.486 e. The SMILES string of the molecule is F[B-](F)(F)c1ccc2c(c1)OCCO2. The van der Waals surface area contributed by atoms with Gasteiger partial charge in [-0.3, -0.25) is 0 Å². The van der Waals surface area contributed by atoms with Crippen LogP contribution in [-0.2, 0) is 0 Å². The Morgan fingerprint density at radius 3 is 2.29 bits per heavy atom. The Hall–Kier alpha value is -1.33. The number of benzene rings is 1. The highest BCUT2D eigenvalue weighted by Crippen LogP contribution is 2.29. The van der Waals surface area contributed by atoms with E-state index >= 15 is 0 Å². The molecule has 0 spiro atoms. The lowest BCUT2D eigenvalue weighted by Gasteiger charge is -2.21. The standard InChI is InChI=1S/C8H7BF3O2/c10-9(11,12)6-1-2-7-8(5-6)14-4-3-13-7/h1-2,5H,3-4H2/q-1. The molecule has 0 N–H and O–H groups in total. The van der Waals surface area contributed by atoms with Crippen LogP contribution in [0.25, 0.3) is 0 Å². The second-order valence-corrected chi connectivity index (χ2v) is 2.98. The molecule has 1 aliphatic heterocycles. The summed E-state index contributed by atoms with van der Waals surface area (Å²) in [5.74, 6) is 0.549. The van der Waals surface area contributed by atoms with Gasteiger partial charge in [-0.25, -0.2) is 0 Å². The van der Waals surface area contributed by atoms with Gasteiger partial charge in [-0.1, -0.05) is 6.07 Å². The molecule has 1 aromatic carbocycles. The molecule has 0 aromatic heterocycles. The minimum absolute atomic E-state index is 0.174. The fraction of sp³-hybridized carbons (Fsp3) is 0.250. The first-order valence-corrected chi connectivity index (χ1v) is 4.17. The van der Waals surface area contributed by atoms with Crippen LogP contribution < -0.4 is 14.9 Å². The van der Waals surface area contributed by atoms with Gasteiger partial charge in [-0.2, -0.15) is 0 Å². The van der Waals surface area contributed by atoms with Crippen molar-refractivity contribution < 1.29 is 22.4 Å². The second-order valence-electron chi connectivity index (χ2n) is 2.98. The van der Waals surface area contributed by atoms with Crippen LogP contribution >= 0.6 is 0 Å². The van der Waals surface area contributed by atoms with Crippen LogP contribution in [-0.4, -0.2) is 20.2 Å². The van der Waals surface area contributed by atoms with Gasteiger partial charge in [-0.15, -0.1) is 5.46 Å². The van der Waals surface area contributed by atoms with Gasteiger partial charge >= 0.3 is 6.98 Å². The number of halogens is 3. The molecule has 6 heteroatoms. The predicted octanol–water partition coefficient (Wildman–Crippen LogP) is 1.51. The molecule has 14 heavy (non-hydrogen) atoms. The third-order valence-corrected chi connectivity index (χ3v) is 1.94. The van der Waals surface area contributed by atoms with E-state index in [0.29, 0.717) is 19.0 Å². The Bertz CT molecular complexity index is 351. The number of hydrogen-bond acceptors (Lipinski definition) is 2. The lowest BCUT2D eigenvalue weighted by atomic mass is 9.80. The largest absolute Gasteiger partial charge is 0.509 e. The normalized spacial score (nSPS) is 15.4. The number of hydrogen-bond donors (Lipinski definition) is 0. The predicted molar refractivity (Wildman–Crippen MR) is 46.1 cm³/mol. The minimum Gasteiger partial charge on any atom is -0.486 e. The molecule has 76 valence electrons. The summed E-state index contributed by atoms with van der Waals surface area (Å²) in [4.78, 5) is 0. The highest BCUT2D eigenvalue weighted by atomic mass is 19.4. The van der Waals surface area contributed by atoms with Gasteiger partial charge in [0.15, 0.2) is 11.5 Å². The van der Waals surface area contributed by atoms with Crippen LogP contribution in [0.15, 0.2) is 18.2 Å². The maximum Gasteiger partial charge on any atom is 0.509 e. The zero-order valence-electron chi connectivity index (χ0n) is 7.17. The molecule has 0 atom stereocenters.